The number of rotatable bonds is 7. The molecular formula is C26H29FN6O3S. The van der Waals surface area contributed by atoms with Gasteiger partial charge in [-0.05, 0) is 51.0 Å². The van der Waals surface area contributed by atoms with Gasteiger partial charge in [-0.25, -0.2) is 14.4 Å². The Bertz CT molecular complexity index is 1430. The molecule has 4 aromatic rings. The topological polar surface area (TPSA) is 136 Å². The number of anilines is 2. The zero-order chi connectivity index (χ0) is 26.3. The van der Waals surface area contributed by atoms with Crippen molar-refractivity contribution in [2.24, 2.45) is 5.92 Å². The highest BCUT2D eigenvalue weighted by Crippen LogP contribution is 2.38. The number of fused-ring (bicyclic) bond motifs is 1. The van der Waals surface area contributed by atoms with Crippen LogP contribution in [0.15, 0.2) is 36.5 Å². The summed E-state index contributed by atoms with van der Waals surface area (Å²) in [5.41, 5.74) is 3.69. The Hall–Kier alpha value is -3.25. The minimum absolute atomic E-state index is 0.228. The molecule has 0 bridgehead atoms. The Balaban J connectivity index is 1.55. The predicted molar refractivity (Wildman–Crippen MR) is 141 cm³/mol. The average molecular weight is 525 g/mol. The number of nitrogens with zero attached hydrogens (tertiary/aromatic N) is 4. The van der Waals surface area contributed by atoms with Gasteiger partial charge in [-0.1, -0.05) is 12.1 Å². The van der Waals surface area contributed by atoms with Crippen LogP contribution >= 0.6 is 11.3 Å². The van der Waals surface area contributed by atoms with Gasteiger partial charge in [0.25, 0.3) is 0 Å². The van der Waals surface area contributed by atoms with Gasteiger partial charge < -0.3 is 26.0 Å². The summed E-state index contributed by atoms with van der Waals surface area (Å²) in [5, 5.41) is 37.8. The van der Waals surface area contributed by atoms with Crippen molar-refractivity contribution in [2.45, 2.75) is 51.5 Å². The molecule has 1 aliphatic carbocycles. The summed E-state index contributed by atoms with van der Waals surface area (Å²) in [6.45, 7) is 5.42. The van der Waals surface area contributed by atoms with Crippen molar-refractivity contribution in [1.29, 1.82) is 0 Å². The fourth-order valence-corrected chi connectivity index (χ4v) is 5.87. The van der Waals surface area contributed by atoms with Crippen LogP contribution in [0.2, 0.25) is 0 Å². The van der Waals surface area contributed by atoms with Gasteiger partial charge in [0, 0.05) is 18.7 Å². The zero-order valence-corrected chi connectivity index (χ0v) is 21.5. The predicted octanol–water partition coefficient (Wildman–Crippen LogP) is 3.59. The van der Waals surface area contributed by atoms with Crippen LogP contribution in [0.4, 0.5) is 16.2 Å². The molecule has 1 fully saturated rings. The van der Waals surface area contributed by atoms with Crippen molar-refractivity contribution >= 4 is 33.3 Å². The van der Waals surface area contributed by atoms with E-state index in [9.17, 15) is 19.7 Å². The Morgan fingerprint density at radius 1 is 1.11 bits per heavy atom. The number of hydrogen-bond acceptors (Lipinski definition) is 10. The maximum absolute atomic E-state index is 13.8. The van der Waals surface area contributed by atoms with Crippen molar-refractivity contribution in [3.8, 4) is 10.6 Å². The molecule has 5 rings (SSSR count). The lowest BCUT2D eigenvalue weighted by molar-refractivity contribution is 0.00446. The molecule has 0 radical (unpaired) electrons. The fourth-order valence-electron chi connectivity index (χ4n) is 4.76. The smallest absolute Gasteiger partial charge is 0.225 e. The molecule has 3 aromatic heterocycles. The van der Waals surface area contributed by atoms with Crippen molar-refractivity contribution in [3.05, 3.63) is 59.3 Å². The summed E-state index contributed by atoms with van der Waals surface area (Å²) in [6, 6.07) is 7.43. The third-order valence-corrected chi connectivity index (χ3v) is 7.88. The summed E-state index contributed by atoms with van der Waals surface area (Å²) in [4.78, 5) is 18.6. The Morgan fingerprint density at radius 2 is 1.92 bits per heavy atom. The quantitative estimate of drug-likeness (QED) is 0.246. The number of nitrogens with one attached hydrogen (secondary N) is 2. The maximum atomic E-state index is 13.8. The summed E-state index contributed by atoms with van der Waals surface area (Å²) in [6.07, 6.45) is -0.0126. The highest BCUT2D eigenvalue weighted by Gasteiger charge is 2.41. The van der Waals surface area contributed by atoms with E-state index in [1.165, 1.54) is 23.5 Å². The molecule has 11 heteroatoms. The molecule has 5 N–H and O–H groups in total. The number of halogens is 1. The van der Waals surface area contributed by atoms with Crippen molar-refractivity contribution in [2.75, 3.05) is 17.2 Å². The van der Waals surface area contributed by atoms with E-state index in [2.05, 4.69) is 20.6 Å². The minimum Gasteiger partial charge on any atom is -0.396 e. The standard InChI is InChI=1S/C26H29FN6O3S/c1-12(15-5-4-6-17(27)9-15)29-26-30-13(2)20(25-32-21-14(3)28-8-7-19(21)37-25)24(33-26)31-18-10-16(11-34)22(35)23(18)36/h4-9,12,16,18,22-23,34-36H,10-11H2,1-3H3,(H2,29,30,31,33)/t12-,16-,18-,22-,23+/m1/s1. The van der Waals surface area contributed by atoms with Gasteiger partial charge >= 0.3 is 0 Å². The molecule has 1 aromatic carbocycles. The second-order valence-electron chi connectivity index (χ2n) is 9.45. The second-order valence-corrected chi connectivity index (χ2v) is 10.5. The van der Waals surface area contributed by atoms with Gasteiger partial charge in [-0.3, -0.25) is 4.98 Å². The molecule has 1 aliphatic rings. The van der Waals surface area contributed by atoms with Crippen LogP contribution < -0.4 is 10.6 Å². The minimum atomic E-state index is -1.08. The summed E-state index contributed by atoms with van der Waals surface area (Å²) in [5.74, 6) is 0.00149. The Kier molecular flexibility index (Phi) is 7.04. The summed E-state index contributed by atoms with van der Waals surface area (Å²) in [7, 11) is 0. The molecule has 9 nitrogen and oxygen atoms in total. The van der Waals surface area contributed by atoms with E-state index in [4.69, 9.17) is 9.97 Å². The number of pyridine rings is 1. The monoisotopic (exact) mass is 524 g/mol. The van der Waals surface area contributed by atoms with Gasteiger partial charge in [-0.2, -0.15) is 4.98 Å². The average Bonchev–Trinajstić information content (AvgIpc) is 3.41. The number of hydrogen-bond donors (Lipinski definition) is 5. The third-order valence-electron chi connectivity index (χ3n) is 6.85. The van der Waals surface area contributed by atoms with Crippen molar-refractivity contribution < 1.29 is 19.7 Å². The molecule has 194 valence electrons. The van der Waals surface area contributed by atoms with Crippen LogP contribution in [0.25, 0.3) is 20.8 Å². The SMILES string of the molecule is Cc1nc(N[C@H](C)c2cccc(F)c2)nc(N[C@@H]2C[C@H](CO)[C@@H](O)[C@H]2O)c1-c1nc2c(C)nccc2s1. The lowest BCUT2D eigenvalue weighted by Crippen LogP contribution is -2.35. The van der Waals surface area contributed by atoms with Gasteiger partial charge in [0.2, 0.25) is 5.95 Å². The van der Waals surface area contributed by atoms with Crippen LogP contribution in [0.1, 0.15) is 36.3 Å². The Labute approximate surface area is 217 Å². The number of aryl methyl sites for hydroxylation is 2. The lowest BCUT2D eigenvalue weighted by Gasteiger charge is -2.22. The number of benzene rings is 1. The number of aliphatic hydroxyl groups excluding tert-OH is 3. The van der Waals surface area contributed by atoms with E-state index < -0.39 is 24.2 Å². The van der Waals surface area contributed by atoms with Crippen molar-refractivity contribution in [3.63, 3.8) is 0 Å². The fraction of sp³-hybridized carbons (Fsp3) is 0.385. The van der Waals surface area contributed by atoms with Crippen LogP contribution in [0, 0.1) is 25.6 Å². The van der Waals surface area contributed by atoms with Crippen molar-refractivity contribution in [1.82, 2.24) is 19.9 Å². The molecule has 0 unspecified atom stereocenters. The zero-order valence-electron chi connectivity index (χ0n) is 20.7. The van der Waals surface area contributed by atoms with E-state index in [0.29, 0.717) is 34.5 Å². The van der Waals surface area contributed by atoms with E-state index in [1.54, 1.807) is 12.3 Å². The molecule has 37 heavy (non-hydrogen) atoms. The molecular weight excluding hydrogens is 495 g/mol. The molecule has 0 spiro atoms. The molecule has 5 atom stereocenters. The van der Waals surface area contributed by atoms with Crippen LogP contribution in [-0.4, -0.2) is 60.1 Å². The molecule has 0 amide bonds. The number of thiazole rings is 1. The van der Waals surface area contributed by atoms with Crippen LogP contribution in [-0.2, 0) is 0 Å². The first-order valence-electron chi connectivity index (χ1n) is 12.1. The lowest BCUT2D eigenvalue weighted by atomic mass is 10.1. The van der Waals surface area contributed by atoms with E-state index in [1.807, 2.05) is 32.9 Å². The molecule has 1 saturated carbocycles. The Morgan fingerprint density at radius 3 is 2.62 bits per heavy atom. The maximum Gasteiger partial charge on any atom is 0.225 e. The van der Waals surface area contributed by atoms with Gasteiger partial charge in [0.1, 0.15) is 28.3 Å². The number of aromatic nitrogens is 4. The highest BCUT2D eigenvalue weighted by atomic mass is 32.1. The van der Waals surface area contributed by atoms with E-state index >= 15 is 0 Å². The van der Waals surface area contributed by atoms with Crippen LogP contribution in [0.3, 0.4) is 0 Å². The third kappa shape index (κ3) is 4.99. The first kappa shape index (κ1) is 25.4. The number of aliphatic hydroxyl groups is 3. The van der Waals surface area contributed by atoms with Gasteiger partial charge in [0.05, 0.1) is 39.8 Å². The molecule has 3 heterocycles. The summed E-state index contributed by atoms with van der Waals surface area (Å²) < 4.78 is 14.7. The van der Waals surface area contributed by atoms with E-state index in [0.717, 1.165) is 21.5 Å². The van der Waals surface area contributed by atoms with Gasteiger partial charge in [0.15, 0.2) is 0 Å². The normalized spacial score (nSPS) is 22.4. The second kappa shape index (κ2) is 10.3. The largest absolute Gasteiger partial charge is 0.396 e. The summed E-state index contributed by atoms with van der Waals surface area (Å²) >= 11 is 1.49. The first-order valence-corrected chi connectivity index (χ1v) is 12.9. The highest BCUT2D eigenvalue weighted by molar-refractivity contribution is 7.21. The van der Waals surface area contributed by atoms with E-state index in [-0.39, 0.29) is 18.5 Å². The van der Waals surface area contributed by atoms with Gasteiger partial charge in [-0.15, -0.1) is 11.3 Å². The molecule has 0 aliphatic heterocycles. The first-order chi connectivity index (χ1) is 17.7. The molecule has 0 saturated heterocycles. The van der Waals surface area contributed by atoms with Crippen LogP contribution in [0.5, 0.6) is 0 Å².